The predicted molar refractivity (Wildman–Crippen MR) is 73.6 cm³/mol. The van der Waals surface area contributed by atoms with Crippen molar-refractivity contribution >= 4 is 0 Å². The molecule has 0 bridgehead atoms. The van der Waals surface area contributed by atoms with E-state index in [-0.39, 0.29) is 5.60 Å². The Morgan fingerprint density at radius 1 is 1.32 bits per heavy atom. The van der Waals surface area contributed by atoms with Crippen molar-refractivity contribution in [3.8, 4) is 11.5 Å². The quantitative estimate of drug-likeness (QED) is 0.842. The summed E-state index contributed by atoms with van der Waals surface area (Å²) in [5, 5.41) is 10.4. The van der Waals surface area contributed by atoms with Crippen LogP contribution >= 0.6 is 0 Å². The fourth-order valence-corrected chi connectivity index (χ4v) is 3.34. The van der Waals surface area contributed by atoms with E-state index in [0.717, 1.165) is 35.8 Å². The van der Waals surface area contributed by atoms with Gasteiger partial charge in [-0.15, -0.1) is 0 Å². The predicted octanol–water partition coefficient (Wildman–Crippen LogP) is 3.46. The molecule has 19 heavy (non-hydrogen) atoms. The van der Waals surface area contributed by atoms with Crippen LogP contribution in [-0.2, 0) is 0 Å². The first-order valence-electron chi connectivity index (χ1n) is 7.17. The molecule has 1 aromatic carbocycles. The van der Waals surface area contributed by atoms with Gasteiger partial charge >= 0.3 is 0 Å². The molecule has 1 aromatic rings. The van der Waals surface area contributed by atoms with E-state index in [1.807, 2.05) is 18.2 Å². The van der Waals surface area contributed by atoms with Crippen LogP contribution in [-0.4, -0.2) is 17.8 Å². The van der Waals surface area contributed by atoms with E-state index in [4.69, 9.17) is 9.47 Å². The summed E-state index contributed by atoms with van der Waals surface area (Å²) in [7, 11) is 1.64. The lowest BCUT2D eigenvalue weighted by molar-refractivity contribution is -0.0455. The largest absolute Gasteiger partial charge is 0.497 e. The van der Waals surface area contributed by atoms with Crippen molar-refractivity contribution in [3.05, 3.63) is 23.8 Å². The van der Waals surface area contributed by atoms with Gasteiger partial charge in [0.25, 0.3) is 0 Å². The number of aliphatic hydroxyl groups is 1. The van der Waals surface area contributed by atoms with Gasteiger partial charge in [0.05, 0.1) is 13.2 Å². The number of hydrogen-bond donors (Lipinski definition) is 1. The van der Waals surface area contributed by atoms with Crippen LogP contribution in [0.1, 0.15) is 50.7 Å². The molecule has 1 N–H and O–H groups in total. The van der Waals surface area contributed by atoms with Gasteiger partial charge in [-0.05, 0) is 49.8 Å². The molecule has 104 valence electrons. The smallest absolute Gasteiger partial charge is 0.126 e. The normalized spacial score (nSPS) is 33.6. The van der Waals surface area contributed by atoms with Gasteiger partial charge in [-0.3, -0.25) is 0 Å². The number of rotatable bonds is 1. The third-order valence-electron chi connectivity index (χ3n) is 4.65. The number of ether oxygens (including phenoxy) is 2. The lowest BCUT2D eigenvalue weighted by Crippen LogP contribution is -2.43. The molecule has 1 atom stereocenters. The Kier molecular flexibility index (Phi) is 3.17. The maximum Gasteiger partial charge on any atom is 0.126 e. The zero-order valence-corrected chi connectivity index (χ0v) is 11.7. The summed E-state index contributed by atoms with van der Waals surface area (Å²) in [4.78, 5) is 0. The van der Waals surface area contributed by atoms with Crippen molar-refractivity contribution in [2.75, 3.05) is 7.11 Å². The molecule has 0 saturated heterocycles. The van der Waals surface area contributed by atoms with Crippen LogP contribution in [0.4, 0.5) is 0 Å². The molecule has 1 aliphatic carbocycles. The van der Waals surface area contributed by atoms with Gasteiger partial charge in [0.1, 0.15) is 17.1 Å². The molecule has 3 rings (SSSR count). The molecule has 1 aliphatic heterocycles. The molecule has 0 unspecified atom stereocenters. The van der Waals surface area contributed by atoms with Crippen molar-refractivity contribution in [2.45, 2.75) is 50.7 Å². The van der Waals surface area contributed by atoms with E-state index < -0.39 is 6.10 Å². The van der Waals surface area contributed by atoms with Crippen LogP contribution in [0.15, 0.2) is 18.2 Å². The van der Waals surface area contributed by atoms with Gasteiger partial charge in [-0.25, -0.2) is 0 Å². The topological polar surface area (TPSA) is 38.7 Å². The summed E-state index contributed by atoms with van der Waals surface area (Å²) in [5.74, 6) is 2.38. The van der Waals surface area contributed by atoms with Crippen molar-refractivity contribution in [3.63, 3.8) is 0 Å². The lowest BCUT2D eigenvalue weighted by atomic mass is 9.74. The Hall–Kier alpha value is -1.22. The van der Waals surface area contributed by atoms with Crippen LogP contribution in [0.3, 0.4) is 0 Å². The van der Waals surface area contributed by atoms with E-state index in [9.17, 15) is 5.11 Å². The first kappa shape index (κ1) is 12.8. The van der Waals surface area contributed by atoms with E-state index in [0.29, 0.717) is 6.42 Å². The molecular formula is C16H22O3. The molecule has 1 saturated carbocycles. The van der Waals surface area contributed by atoms with Gasteiger partial charge in [0.2, 0.25) is 0 Å². The summed E-state index contributed by atoms with van der Waals surface area (Å²) in [6.07, 6.45) is 4.76. The highest BCUT2D eigenvalue weighted by molar-refractivity contribution is 5.43. The minimum atomic E-state index is -0.438. The fraction of sp³-hybridized carbons (Fsp3) is 0.625. The van der Waals surface area contributed by atoms with E-state index in [2.05, 4.69) is 6.92 Å². The van der Waals surface area contributed by atoms with Gasteiger partial charge in [-0.2, -0.15) is 0 Å². The maximum atomic E-state index is 10.4. The average molecular weight is 262 g/mol. The molecule has 1 heterocycles. The highest BCUT2D eigenvalue weighted by Crippen LogP contribution is 2.47. The van der Waals surface area contributed by atoms with Crippen molar-refractivity contribution in [1.29, 1.82) is 0 Å². The highest BCUT2D eigenvalue weighted by Gasteiger charge is 2.42. The summed E-state index contributed by atoms with van der Waals surface area (Å²) in [6.45, 7) is 2.30. The van der Waals surface area contributed by atoms with Crippen molar-refractivity contribution in [1.82, 2.24) is 0 Å². The number of methoxy groups -OCH3 is 1. The third-order valence-corrected chi connectivity index (χ3v) is 4.65. The second-order valence-corrected chi connectivity index (χ2v) is 6.09. The summed E-state index contributed by atoms with van der Waals surface area (Å²) in [6, 6.07) is 5.71. The molecule has 3 nitrogen and oxygen atoms in total. The number of fused-ring (bicyclic) bond motifs is 1. The lowest BCUT2D eigenvalue weighted by Gasteiger charge is -2.44. The second-order valence-electron chi connectivity index (χ2n) is 6.09. The Bertz CT molecular complexity index is 461. The Morgan fingerprint density at radius 3 is 2.74 bits per heavy atom. The van der Waals surface area contributed by atoms with Crippen molar-refractivity contribution in [2.24, 2.45) is 5.92 Å². The molecule has 2 aliphatic rings. The maximum absolute atomic E-state index is 10.4. The van der Waals surface area contributed by atoms with E-state index in [1.165, 1.54) is 12.8 Å². The first-order valence-corrected chi connectivity index (χ1v) is 7.17. The zero-order chi connectivity index (χ0) is 13.5. The number of hydrogen-bond acceptors (Lipinski definition) is 3. The second kappa shape index (κ2) is 4.71. The summed E-state index contributed by atoms with van der Waals surface area (Å²) < 4.78 is 11.5. The fourth-order valence-electron chi connectivity index (χ4n) is 3.34. The molecule has 1 spiro atoms. The number of aliphatic hydroxyl groups excluding tert-OH is 1. The van der Waals surface area contributed by atoms with Gasteiger partial charge < -0.3 is 14.6 Å². The highest BCUT2D eigenvalue weighted by atomic mass is 16.5. The van der Waals surface area contributed by atoms with Crippen LogP contribution in [0.5, 0.6) is 11.5 Å². The molecule has 0 amide bonds. The molecule has 3 heteroatoms. The molecular weight excluding hydrogens is 240 g/mol. The summed E-state index contributed by atoms with van der Waals surface area (Å²) in [5.41, 5.74) is 0.719. The first-order chi connectivity index (χ1) is 9.12. The van der Waals surface area contributed by atoms with Crippen LogP contribution in [0.2, 0.25) is 0 Å². The monoisotopic (exact) mass is 262 g/mol. The van der Waals surface area contributed by atoms with Gasteiger partial charge in [-0.1, -0.05) is 6.92 Å². The Morgan fingerprint density at radius 2 is 2.05 bits per heavy atom. The van der Waals surface area contributed by atoms with E-state index >= 15 is 0 Å². The molecule has 1 fully saturated rings. The molecule has 0 aromatic heterocycles. The van der Waals surface area contributed by atoms with Crippen LogP contribution in [0, 0.1) is 5.92 Å². The standard InChI is InChI=1S/C16H22O3/c1-11-5-7-16(8-6-11)10-14(17)13-9-12(18-2)3-4-15(13)19-16/h3-4,9,11,14,17H,5-8,10H2,1-2H3/t11?,14-,16?/m1/s1. The summed E-state index contributed by atoms with van der Waals surface area (Å²) >= 11 is 0. The van der Waals surface area contributed by atoms with Crippen molar-refractivity contribution < 1.29 is 14.6 Å². The third kappa shape index (κ3) is 2.32. The van der Waals surface area contributed by atoms with Gasteiger partial charge in [0.15, 0.2) is 0 Å². The zero-order valence-electron chi connectivity index (χ0n) is 11.7. The van der Waals surface area contributed by atoms with Crippen LogP contribution in [0.25, 0.3) is 0 Å². The van der Waals surface area contributed by atoms with E-state index in [1.54, 1.807) is 7.11 Å². The molecule has 0 radical (unpaired) electrons. The average Bonchev–Trinajstić information content (AvgIpc) is 2.42. The van der Waals surface area contributed by atoms with Gasteiger partial charge in [0, 0.05) is 12.0 Å². The minimum Gasteiger partial charge on any atom is -0.497 e. The Labute approximate surface area is 114 Å². The Balaban J connectivity index is 1.88. The number of benzene rings is 1. The SMILES string of the molecule is COc1ccc2c(c1)[C@H](O)CC1(CCC(C)CC1)O2. The minimum absolute atomic E-state index is 0.145. The van der Waals surface area contributed by atoms with Crippen LogP contribution < -0.4 is 9.47 Å².